The molecule has 0 radical (unpaired) electrons. The van der Waals surface area contributed by atoms with Gasteiger partial charge in [-0.1, -0.05) is 17.6 Å². The van der Waals surface area contributed by atoms with E-state index in [0.29, 0.717) is 37.5 Å². The predicted octanol–water partition coefficient (Wildman–Crippen LogP) is 3.88. The van der Waals surface area contributed by atoms with Crippen LogP contribution in [0.5, 0.6) is 11.5 Å². The van der Waals surface area contributed by atoms with E-state index in [-0.39, 0.29) is 11.5 Å². The Morgan fingerprint density at radius 2 is 2.07 bits per heavy atom. The largest absolute Gasteiger partial charge is 0.508 e. The van der Waals surface area contributed by atoms with Gasteiger partial charge in [-0.15, -0.1) is 5.92 Å². The van der Waals surface area contributed by atoms with Crippen LogP contribution in [-0.4, -0.2) is 31.9 Å². The molecule has 0 aromatic heterocycles. The van der Waals surface area contributed by atoms with E-state index in [1.165, 1.54) is 5.57 Å². The monoisotopic (exact) mass is 417 g/mol. The van der Waals surface area contributed by atoms with Crippen LogP contribution in [0.1, 0.15) is 63.5 Å². The smallest absolute Gasteiger partial charge is 0.208 e. The molecule has 1 aromatic rings. The number of hydrogen-bond acceptors (Lipinski definition) is 4. The number of phenols is 1. The van der Waals surface area contributed by atoms with Crippen molar-refractivity contribution in [2.75, 3.05) is 12.8 Å². The van der Waals surface area contributed by atoms with Gasteiger partial charge in [0, 0.05) is 36.8 Å². The molecule has 2 aliphatic rings. The van der Waals surface area contributed by atoms with E-state index in [2.05, 4.69) is 43.4 Å². The van der Waals surface area contributed by atoms with Gasteiger partial charge in [-0.2, -0.15) is 0 Å². The van der Waals surface area contributed by atoms with E-state index in [9.17, 15) is 13.5 Å². The molecule has 1 aliphatic heterocycles. The Bertz CT molecular complexity index is 967. The first kappa shape index (κ1) is 21.7. The van der Waals surface area contributed by atoms with E-state index in [4.69, 9.17) is 4.74 Å². The van der Waals surface area contributed by atoms with Crippen LogP contribution in [0.25, 0.3) is 0 Å². The number of benzene rings is 1. The van der Waals surface area contributed by atoms with E-state index in [1.54, 1.807) is 0 Å². The number of unbranched alkanes of at least 4 members (excludes halogenated alkanes) is 1. The molecule has 1 heterocycles. The first-order valence-corrected chi connectivity index (χ1v) is 12.1. The molecule has 2 N–H and O–H groups in total. The standard InChI is InChI=1S/C23H31NO4S/c1-16-10-11-19-18(13-16)22-20(25)14-17(15-21(22)28-23(19,2)3)9-7-5-6-8-12-24-29(4,26)27/h10,14-15,18-19,24-25H,6,8-9,11-13H2,1-4H3/t18-,19+/m1/s1. The number of sulfonamides is 1. The Morgan fingerprint density at radius 1 is 1.31 bits per heavy atom. The van der Waals surface area contributed by atoms with Gasteiger partial charge >= 0.3 is 0 Å². The molecule has 0 amide bonds. The molecule has 1 aliphatic carbocycles. The van der Waals surface area contributed by atoms with E-state index in [0.717, 1.165) is 36.0 Å². The van der Waals surface area contributed by atoms with Gasteiger partial charge in [-0.25, -0.2) is 13.1 Å². The normalized spacial score (nSPS) is 22.4. The van der Waals surface area contributed by atoms with Gasteiger partial charge in [0.05, 0.1) is 6.26 Å². The maximum absolute atomic E-state index is 11.0. The number of aromatic hydroxyl groups is 1. The second-order valence-electron chi connectivity index (χ2n) is 8.74. The second kappa shape index (κ2) is 8.41. The molecule has 29 heavy (non-hydrogen) atoms. The molecule has 0 fully saturated rings. The SMILES string of the molecule is CC1=CC[C@H]2[C@@H](C1)c1c(O)cc(CC#CCCCNS(C)(=O)=O)cc1OC2(C)C. The molecule has 0 saturated heterocycles. The lowest BCUT2D eigenvalue weighted by molar-refractivity contribution is 0.00754. The molecular formula is C23H31NO4S. The molecule has 5 nitrogen and oxygen atoms in total. The van der Waals surface area contributed by atoms with Crippen molar-refractivity contribution in [1.82, 2.24) is 4.72 Å². The Kier molecular flexibility index (Phi) is 6.30. The predicted molar refractivity (Wildman–Crippen MR) is 116 cm³/mol. The van der Waals surface area contributed by atoms with E-state index < -0.39 is 10.0 Å². The average Bonchev–Trinajstić information content (AvgIpc) is 2.58. The molecule has 2 atom stereocenters. The summed E-state index contributed by atoms with van der Waals surface area (Å²) in [5.41, 5.74) is 2.96. The summed E-state index contributed by atoms with van der Waals surface area (Å²) < 4.78 is 30.8. The van der Waals surface area contributed by atoms with Gasteiger partial charge < -0.3 is 9.84 Å². The van der Waals surface area contributed by atoms with Gasteiger partial charge in [-0.05, 0) is 57.7 Å². The summed E-state index contributed by atoms with van der Waals surface area (Å²) in [6, 6.07) is 3.83. The van der Waals surface area contributed by atoms with Gasteiger partial charge in [0.15, 0.2) is 0 Å². The quantitative estimate of drug-likeness (QED) is 0.433. The third-order valence-corrected chi connectivity index (χ3v) is 6.55. The fourth-order valence-corrected chi connectivity index (χ4v) is 4.92. The van der Waals surface area contributed by atoms with Crippen LogP contribution >= 0.6 is 0 Å². The highest BCUT2D eigenvalue weighted by molar-refractivity contribution is 7.88. The van der Waals surface area contributed by atoms with Gasteiger partial charge in [0.2, 0.25) is 10.0 Å². The maximum Gasteiger partial charge on any atom is 0.208 e. The average molecular weight is 418 g/mol. The molecular weight excluding hydrogens is 386 g/mol. The van der Waals surface area contributed by atoms with Crippen LogP contribution in [0, 0.1) is 17.8 Å². The zero-order valence-corrected chi connectivity index (χ0v) is 18.5. The summed E-state index contributed by atoms with van der Waals surface area (Å²) in [4.78, 5) is 0. The Balaban J connectivity index is 1.70. The highest BCUT2D eigenvalue weighted by atomic mass is 32.2. The first-order chi connectivity index (χ1) is 13.6. The van der Waals surface area contributed by atoms with Crippen molar-refractivity contribution in [1.29, 1.82) is 0 Å². The maximum atomic E-state index is 11.0. The molecule has 1 aromatic carbocycles. The fraction of sp³-hybridized carbons (Fsp3) is 0.565. The summed E-state index contributed by atoms with van der Waals surface area (Å²) >= 11 is 0. The zero-order valence-electron chi connectivity index (χ0n) is 17.7. The lowest BCUT2D eigenvalue weighted by atomic mass is 9.67. The Hall–Kier alpha value is -1.97. The van der Waals surface area contributed by atoms with Crippen molar-refractivity contribution in [3.05, 3.63) is 34.9 Å². The van der Waals surface area contributed by atoms with Crippen molar-refractivity contribution in [2.45, 2.75) is 64.4 Å². The zero-order chi connectivity index (χ0) is 21.2. The van der Waals surface area contributed by atoms with Crippen LogP contribution in [0.4, 0.5) is 0 Å². The van der Waals surface area contributed by atoms with Crippen LogP contribution in [0.2, 0.25) is 0 Å². The molecule has 3 rings (SSSR count). The first-order valence-electron chi connectivity index (χ1n) is 10.2. The second-order valence-corrected chi connectivity index (χ2v) is 10.6. The summed E-state index contributed by atoms with van der Waals surface area (Å²) in [6.45, 7) is 6.82. The van der Waals surface area contributed by atoms with Gasteiger partial charge in [-0.3, -0.25) is 0 Å². The molecule has 0 saturated carbocycles. The van der Waals surface area contributed by atoms with E-state index in [1.807, 2.05) is 12.1 Å². The molecule has 0 spiro atoms. The number of phenolic OH excluding ortho intramolecular Hbond substituents is 1. The fourth-order valence-electron chi connectivity index (χ4n) is 4.41. The number of fused-ring (bicyclic) bond motifs is 3. The van der Waals surface area contributed by atoms with Gasteiger partial charge in [0.1, 0.15) is 17.1 Å². The summed E-state index contributed by atoms with van der Waals surface area (Å²) in [5.74, 6) is 7.90. The van der Waals surface area contributed by atoms with Crippen LogP contribution in [0.3, 0.4) is 0 Å². The molecule has 0 unspecified atom stereocenters. The highest BCUT2D eigenvalue weighted by Gasteiger charge is 2.45. The summed E-state index contributed by atoms with van der Waals surface area (Å²) in [6.07, 6.45) is 7.20. The third-order valence-electron chi connectivity index (χ3n) is 5.82. The van der Waals surface area contributed by atoms with Crippen LogP contribution in [0.15, 0.2) is 23.8 Å². The van der Waals surface area contributed by atoms with Crippen molar-refractivity contribution in [2.24, 2.45) is 5.92 Å². The molecule has 6 heteroatoms. The van der Waals surface area contributed by atoms with Crippen molar-refractivity contribution in [3.63, 3.8) is 0 Å². The number of ether oxygens (including phenoxy) is 1. The number of hydrogen-bond donors (Lipinski definition) is 2. The minimum Gasteiger partial charge on any atom is -0.508 e. The van der Waals surface area contributed by atoms with E-state index >= 15 is 0 Å². The molecule has 158 valence electrons. The lowest BCUT2D eigenvalue weighted by Crippen LogP contribution is -2.45. The number of nitrogens with one attached hydrogen (secondary N) is 1. The van der Waals surface area contributed by atoms with Crippen LogP contribution in [-0.2, 0) is 16.4 Å². The Morgan fingerprint density at radius 3 is 2.79 bits per heavy atom. The van der Waals surface area contributed by atoms with Crippen LogP contribution < -0.4 is 9.46 Å². The minimum atomic E-state index is -3.14. The third kappa shape index (κ3) is 5.34. The Labute approximate surface area is 174 Å². The topological polar surface area (TPSA) is 75.6 Å². The number of allylic oxidation sites excluding steroid dienone is 2. The van der Waals surface area contributed by atoms with Crippen molar-refractivity contribution in [3.8, 4) is 23.3 Å². The summed E-state index contributed by atoms with van der Waals surface area (Å²) in [5, 5.41) is 10.8. The lowest BCUT2D eigenvalue weighted by Gasteiger charge is -2.47. The number of rotatable bonds is 5. The summed E-state index contributed by atoms with van der Waals surface area (Å²) in [7, 11) is -3.14. The van der Waals surface area contributed by atoms with Crippen molar-refractivity contribution >= 4 is 10.0 Å². The van der Waals surface area contributed by atoms with Gasteiger partial charge in [0.25, 0.3) is 0 Å². The molecule has 0 bridgehead atoms. The van der Waals surface area contributed by atoms with Crippen molar-refractivity contribution < 1.29 is 18.3 Å². The minimum absolute atomic E-state index is 0.279. The highest BCUT2D eigenvalue weighted by Crippen LogP contribution is 2.54.